The smallest absolute Gasteiger partial charge is 0.160 e. The molecule has 3 rings (SSSR count). The van der Waals surface area contributed by atoms with Crippen LogP contribution in [0.2, 0.25) is 0 Å². The number of aliphatic hydroxyl groups excluding tert-OH is 4. The second kappa shape index (κ2) is 7.53. The predicted octanol–water partition coefficient (Wildman–Crippen LogP) is 2.11. The molecule has 1 heterocycles. The van der Waals surface area contributed by atoms with E-state index in [0.717, 1.165) is 5.56 Å². The summed E-state index contributed by atoms with van der Waals surface area (Å²) >= 11 is 0. The third-order valence-corrected chi connectivity index (χ3v) is 4.06. The van der Waals surface area contributed by atoms with Gasteiger partial charge in [0.1, 0.15) is 23.7 Å². The first-order chi connectivity index (χ1) is 12.1. The van der Waals surface area contributed by atoms with Gasteiger partial charge in [0.25, 0.3) is 0 Å². The molecule has 0 aliphatic carbocycles. The van der Waals surface area contributed by atoms with E-state index in [9.17, 15) is 20.4 Å². The molecule has 0 spiro atoms. The van der Waals surface area contributed by atoms with Crippen LogP contribution in [-0.4, -0.2) is 44.8 Å². The number of rotatable bonds is 4. The maximum Gasteiger partial charge on any atom is 0.160 e. The fourth-order valence-corrected chi connectivity index (χ4v) is 2.70. The van der Waals surface area contributed by atoms with Gasteiger partial charge in [0.15, 0.2) is 12.2 Å². The van der Waals surface area contributed by atoms with Gasteiger partial charge in [0.05, 0.1) is 0 Å². The van der Waals surface area contributed by atoms with Crippen LogP contribution in [0.4, 0.5) is 0 Å². The second-order valence-electron chi connectivity index (χ2n) is 5.90. The normalized spacial score (nSPS) is 26.4. The van der Waals surface area contributed by atoms with E-state index in [0.29, 0.717) is 5.56 Å². The molecule has 1 saturated heterocycles. The van der Waals surface area contributed by atoms with Crippen LogP contribution in [0.25, 0.3) is 12.2 Å². The fraction of sp³-hybridized carbons (Fsp3) is 0.200. The van der Waals surface area contributed by atoms with Crippen LogP contribution in [-0.2, 0) is 4.74 Å². The topological polar surface area (TPSA) is 90.2 Å². The first-order valence-electron chi connectivity index (χ1n) is 7.99. The van der Waals surface area contributed by atoms with E-state index >= 15 is 0 Å². The lowest BCUT2D eigenvalue weighted by atomic mass is 10.0. The molecular weight excluding hydrogens is 320 g/mol. The van der Waals surface area contributed by atoms with Crippen molar-refractivity contribution in [1.82, 2.24) is 0 Å². The maximum atomic E-state index is 10.3. The number of ether oxygens (including phenoxy) is 1. The highest BCUT2D eigenvalue weighted by atomic mass is 16.5. The molecule has 1 fully saturated rings. The van der Waals surface area contributed by atoms with Gasteiger partial charge in [0.2, 0.25) is 0 Å². The van der Waals surface area contributed by atoms with Crippen LogP contribution in [0.1, 0.15) is 11.1 Å². The number of benzene rings is 2. The molecule has 2 aromatic carbocycles. The lowest BCUT2D eigenvalue weighted by molar-refractivity contribution is -0.0427. The zero-order valence-electron chi connectivity index (χ0n) is 13.4. The number of aliphatic hydroxyl groups is 4. The molecule has 5 nitrogen and oxygen atoms in total. The molecule has 2 aromatic rings. The monoisotopic (exact) mass is 340 g/mol. The highest BCUT2D eigenvalue weighted by Gasteiger charge is 2.44. The minimum Gasteiger partial charge on any atom is -0.509 e. The van der Waals surface area contributed by atoms with Gasteiger partial charge >= 0.3 is 0 Å². The molecule has 130 valence electrons. The van der Waals surface area contributed by atoms with Crippen LogP contribution in [0.5, 0.6) is 0 Å². The average molecular weight is 340 g/mol. The molecule has 0 unspecified atom stereocenters. The molecule has 1 aliphatic rings. The number of hydrogen-bond acceptors (Lipinski definition) is 5. The zero-order chi connectivity index (χ0) is 17.8. The summed E-state index contributed by atoms with van der Waals surface area (Å²) in [5, 5.41) is 40.8. The van der Waals surface area contributed by atoms with Crippen molar-refractivity contribution in [3.63, 3.8) is 0 Å². The Labute approximate surface area is 145 Å². The summed E-state index contributed by atoms with van der Waals surface area (Å²) in [6.45, 7) is 0. The molecule has 25 heavy (non-hydrogen) atoms. The third-order valence-electron chi connectivity index (χ3n) is 4.06. The van der Waals surface area contributed by atoms with Crippen molar-refractivity contribution in [3.05, 3.63) is 83.3 Å². The maximum absolute atomic E-state index is 10.3. The van der Waals surface area contributed by atoms with Crippen molar-refractivity contribution in [2.45, 2.75) is 24.4 Å². The van der Waals surface area contributed by atoms with E-state index in [1.54, 1.807) is 30.3 Å². The summed E-state index contributed by atoms with van der Waals surface area (Å²) in [6, 6.07) is 18.2. The summed E-state index contributed by atoms with van der Waals surface area (Å²) in [7, 11) is 0. The molecule has 0 amide bonds. The fourth-order valence-electron chi connectivity index (χ4n) is 2.70. The van der Waals surface area contributed by atoms with Gasteiger partial charge in [-0.15, -0.1) is 0 Å². The molecule has 4 atom stereocenters. The zero-order valence-corrected chi connectivity index (χ0v) is 13.4. The SMILES string of the molecule is OC(=Cc1ccccc1)[C@@H](O)[C@H]1OC(=Cc2ccccc2)[C@H](O)[C@H]1O. The Hall–Kier alpha value is -2.60. The van der Waals surface area contributed by atoms with Gasteiger partial charge in [-0.3, -0.25) is 0 Å². The highest BCUT2D eigenvalue weighted by Crippen LogP contribution is 2.30. The van der Waals surface area contributed by atoms with E-state index in [2.05, 4.69) is 0 Å². The molecule has 4 N–H and O–H groups in total. The van der Waals surface area contributed by atoms with Crippen molar-refractivity contribution in [1.29, 1.82) is 0 Å². The Morgan fingerprint density at radius 2 is 1.48 bits per heavy atom. The molecule has 0 bridgehead atoms. The summed E-state index contributed by atoms with van der Waals surface area (Å²) in [5.74, 6) is -0.196. The minimum absolute atomic E-state index is 0.148. The quantitative estimate of drug-likeness (QED) is 0.640. The van der Waals surface area contributed by atoms with E-state index in [1.807, 2.05) is 36.4 Å². The Morgan fingerprint density at radius 3 is 2.08 bits per heavy atom. The first kappa shape index (κ1) is 17.2. The van der Waals surface area contributed by atoms with Crippen molar-refractivity contribution in [3.8, 4) is 0 Å². The second-order valence-corrected chi connectivity index (χ2v) is 5.90. The van der Waals surface area contributed by atoms with E-state index in [1.165, 1.54) is 6.08 Å². The Morgan fingerprint density at radius 1 is 0.920 bits per heavy atom. The van der Waals surface area contributed by atoms with Crippen molar-refractivity contribution in [2.24, 2.45) is 0 Å². The first-order valence-corrected chi connectivity index (χ1v) is 7.99. The largest absolute Gasteiger partial charge is 0.509 e. The summed E-state index contributed by atoms with van der Waals surface area (Å²) in [6.07, 6.45) is -2.26. The van der Waals surface area contributed by atoms with E-state index < -0.39 is 24.4 Å². The average Bonchev–Trinajstić information content (AvgIpc) is 2.91. The van der Waals surface area contributed by atoms with Gasteiger partial charge in [-0.2, -0.15) is 0 Å². The summed E-state index contributed by atoms with van der Waals surface area (Å²) in [5.41, 5.74) is 1.50. The molecule has 1 aliphatic heterocycles. The standard InChI is InChI=1S/C20H20O5/c21-15(11-13-7-3-1-4-8-13)17(22)20-19(24)18(23)16(25-20)12-14-9-5-2-6-10-14/h1-12,17-24H/t17-,18+,19-,20-/m1/s1. The lowest BCUT2D eigenvalue weighted by Crippen LogP contribution is -2.39. The van der Waals surface area contributed by atoms with Crippen LogP contribution in [0.15, 0.2) is 72.2 Å². The molecule has 0 radical (unpaired) electrons. The van der Waals surface area contributed by atoms with Crippen molar-refractivity contribution in [2.75, 3.05) is 0 Å². The van der Waals surface area contributed by atoms with E-state index in [-0.39, 0.29) is 11.5 Å². The van der Waals surface area contributed by atoms with Crippen LogP contribution < -0.4 is 0 Å². The van der Waals surface area contributed by atoms with Crippen molar-refractivity contribution >= 4 is 12.2 Å². The Kier molecular flexibility index (Phi) is 5.19. The lowest BCUT2D eigenvalue weighted by Gasteiger charge is -2.20. The minimum atomic E-state index is -1.47. The summed E-state index contributed by atoms with van der Waals surface area (Å²) < 4.78 is 5.52. The highest BCUT2D eigenvalue weighted by molar-refractivity contribution is 5.54. The van der Waals surface area contributed by atoms with Gasteiger partial charge in [-0.25, -0.2) is 0 Å². The third kappa shape index (κ3) is 3.91. The van der Waals surface area contributed by atoms with Gasteiger partial charge in [0, 0.05) is 0 Å². The summed E-state index contributed by atoms with van der Waals surface area (Å²) in [4.78, 5) is 0. The number of hydrogen-bond donors (Lipinski definition) is 4. The van der Waals surface area contributed by atoms with Gasteiger partial charge in [-0.1, -0.05) is 60.7 Å². The van der Waals surface area contributed by atoms with Gasteiger partial charge < -0.3 is 25.2 Å². The van der Waals surface area contributed by atoms with Gasteiger partial charge in [-0.05, 0) is 23.3 Å². The van der Waals surface area contributed by atoms with Crippen LogP contribution in [0.3, 0.4) is 0 Å². The Bertz CT molecular complexity index is 754. The van der Waals surface area contributed by atoms with Crippen LogP contribution in [0, 0.1) is 0 Å². The predicted molar refractivity (Wildman–Crippen MR) is 94.4 cm³/mol. The molecule has 0 saturated carbocycles. The van der Waals surface area contributed by atoms with Crippen molar-refractivity contribution < 1.29 is 25.2 Å². The Balaban J connectivity index is 1.78. The van der Waals surface area contributed by atoms with Crippen LogP contribution >= 0.6 is 0 Å². The molecule has 5 heteroatoms. The van der Waals surface area contributed by atoms with E-state index in [4.69, 9.17) is 4.74 Å². The molecule has 0 aromatic heterocycles. The molecular formula is C20H20O5.